The molecule has 318 valence electrons. The summed E-state index contributed by atoms with van der Waals surface area (Å²) in [6.45, 7) is 5.16. The van der Waals surface area contributed by atoms with Crippen LogP contribution in [0.3, 0.4) is 0 Å². The highest BCUT2D eigenvalue weighted by atomic mass is 16.7. The van der Waals surface area contributed by atoms with Crippen molar-refractivity contribution in [2.75, 3.05) is 27.4 Å². The van der Waals surface area contributed by atoms with E-state index in [9.17, 15) is 34.5 Å². The van der Waals surface area contributed by atoms with Gasteiger partial charge < -0.3 is 58.0 Å². The second-order valence-electron chi connectivity index (χ2n) is 15.7. The van der Waals surface area contributed by atoms with Crippen molar-refractivity contribution in [3.05, 3.63) is 23.8 Å². The molecule has 0 saturated carbocycles. The van der Waals surface area contributed by atoms with Crippen molar-refractivity contribution in [1.29, 1.82) is 0 Å². The summed E-state index contributed by atoms with van der Waals surface area (Å²) in [5.74, 6) is -4.44. The minimum atomic E-state index is -2.31. The van der Waals surface area contributed by atoms with E-state index < -0.39 is 97.3 Å². The van der Waals surface area contributed by atoms with Gasteiger partial charge in [-0.15, -0.1) is 0 Å². The molecule has 3 saturated heterocycles. The molecule has 16 nitrogen and oxygen atoms in total. The van der Waals surface area contributed by atoms with Crippen molar-refractivity contribution in [3.63, 3.8) is 0 Å². The van der Waals surface area contributed by atoms with Crippen LogP contribution in [-0.4, -0.2) is 128 Å². The lowest BCUT2D eigenvalue weighted by molar-refractivity contribution is -0.327. The second kappa shape index (κ2) is 21.6. The summed E-state index contributed by atoms with van der Waals surface area (Å²) in [6, 6.07) is 0. The molecule has 4 rings (SSSR count). The number of rotatable bonds is 10. The number of cyclic esters (lactones) is 1. The van der Waals surface area contributed by atoms with Crippen molar-refractivity contribution in [2.24, 2.45) is 5.41 Å². The van der Waals surface area contributed by atoms with Crippen molar-refractivity contribution >= 4 is 24.1 Å². The van der Waals surface area contributed by atoms with E-state index in [1.807, 2.05) is 0 Å². The molecule has 4 aliphatic heterocycles. The Labute approximate surface area is 329 Å². The van der Waals surface area contributed by atoms with Gasteiger partial charge in [0.1, 0.15) is 12.2 Å². The average Bonchev–Trinajstić information content (AvgIpc) is 3.14. The third-order valence-corrected chi connectivity index (χ3v) is 10.7. The molecule has 3 fully saturated rings. The molecule has 0 amide bonds. The highest BCUT2D eigenvalue weighted by molar-refractivity contribution is 5.83. The second-order valence-corrected chi connectivity index (χ2v) is 15.7. The first-order valence-electron chi connectivity index (χ1n) is 19.9. The monoisotopic (exact) mass is 798 g/mol. The van der Waals surface area contributed by atoms with E-state index in [1.54, 1.807) is 26.0 Å². The number of hydrogen-bond acceptors (Lipinski definition) is 16. The van der Waals surface area contributed by atoms with Crippen LogP contribution in [0.4, 0.5) is 4.79 Å². The number of unbranched alkanes of at least 4 members (excludes halogenated alkanes) is 4. The van der Waals surface area contributed by atoms with Gasteiger partial charge in [0.2, 0.25) is 5.79 Å². The molecule has 4 heterocycles. The summed E-state index contributed by atoms with van der Waals surface area (Å²) in [4.78, 5) is 51.2. The van der Waals surface area contributed by atoms with Gasteiger partial charge >= 0.3 is 24.1 Å². The Bertz CT molecular complexity index is 1360. The van der Waals surface area contributed by atoms with Crippen molar-refractivity contribution in [3.8, 4) is 0 Å². The van der Waals surface area contributed by atoms with Crippen LogP contribution in [0.1, 0.15) is 111 Å². The van der Waals surface area contributed by atoms with Crippen LogP contribution in [-0.2, 0) is 57.0 Å². The maximum Gasteiger partial charge on any atom is 0.508 e. The number of hydrogen-bond donors (Lipinski definition) is 3. The zero-order valence-corrected chi connectivity index (χ0v) is 33.4. The Balaban J connectivity index is 1.68. The van der Waals surface area contributed by atoms with Crippen LogP contribution < -0.4 is 0 Å². The predicted octanol–water partition coefficient (Wildman–Crippen LogP) is 4.09. The molecule has 10 atom stereocenters. The molecule has 6 bridgehead atoms. The standard InChI is InChI=1S/C40H62O16/c1-6-7-8-9-10-11-33(43)55-37-25(17-34(44)48-4)16-31-23-32(24-41)52-35(45)19-26(42)18-28-21-30(54-38(46)49-5)22-29(51-28)20-27-13-15-50-36(53-27)12-14-39(2,3)40(37,47)56-31/h12,14,17,26-32,36-37,41-42,47H,6-11,13,15-16,18-24H2,1-5H3/b14-12+,25-17+/t26-,27+,28-,29+,30+,31+,32-,36+,37+,40-/m1/s1. The zero-order chi connectivity index (χ0) is 40.9. The van der Waals surface area contributed by atoms with E-state index in [-0.39, 0.29) is 43.8 Å². The van der Waals surface area contributed by atoms with Gasteiger partial charge in [-0.1, -0.05) is 52.5 Å². The first-order valence-corrected chi connectivity index (χ1v) is 19.9. The van der Waals surface area contributed by atoms with Crippen LogP contribution >= 0.6 is 0 Å². The molecule has 56 heavy (non-hydrogen) atoms. The fraction of sp³-hybridized carbons (Fsp3) is 0.800. The summed E-state index contributed by atoms with van der Waals surface area (Å²) in [5, 5.41) is 33.9. The summed E-state index contributed by atoms with van der Waals surface area (Å²) in [7, 11) is 2.42. The summed E-state index contributed by atoms with van der Waals surface area (Å²) >= 11 is 0. The maximum absolute atomic E-state index is 13.3. The van der Waals surface area contributed by atoms with Crippen molar-refractivity contribution in [2.45, 2.75) is 172 Å². The van der Waals surface area contributed by atoms with Crippen molar-refractivity contribution < 1.29 is 77.1 Å². The molecule has 16 heteroatoms. The number of fused-ring (bicyclic) bond motifs is 6. The highest BCUT2D eigenvalue weighted by Crippen LogP contribution is 2.47. The third-order valence-electron chi connectivity index (χ3n) is 10.7. The molecule has 0 aromatic rings. The molecule has 3 N–H and O–H groups in total. The lowest BCUT2D eigenvalue weighted by atomic mass is 9.74. The van der Waals surface area contributed by atoms with Gasteiger partial charge in [0.05, 0.1) is 64.4 Å². The Hall–Kier alpha value is -3.12. The summed E-state index contributed by atoms with van der Waals surface area (Å²) in [5.41, 5.74) is -1.15. The van der Waals surface area contributed by atoms with Crippen molar-refractivity contribution in [1.82, 2.24) is 0 Å². The summed E-state index contributed by atoms with van der Waals surface area (Å²) < 4.78 is 51.7. The number of aliphatic hydroxyl groups is 3. The first-order chi connectivity index (χ1) is 26.7. The van der Waals surface area contributed by atoms with E-state index in [0.717, 1.165) is 31.8 Å². The third kappa shape index (κ3) is 13.2. The number of esters is 3. The lowest BCUT2D eigenvalue weighted by Crippen LogP contribution is -2.62. The highest BCUT2D eigenvalue weighted by Gasteiger charge is 2.57. The quantitative estimate of drug-likeness (QED) is 0.0934. The molecule has 0 spiro atoms. The summed E-state index contributed by atoms with van der Waals surface area (Å²) in [6.07, 6.45) is 1.59. The Morgan fingerprint density at radius 3 is 2.34 bits per heavy atom. The molecule has 0 unspecified atom stereocenters. The largest absolute Gasteiger partial charge is 0.508 e. The Kier molecular flexibility index (Phi) is 17.6. The molecule has 0 aliphatic carbocycles. The van der Waals surface area contributed by atoms with E-state index >= 15 is 0 Å². The molecule has 0 aromatic heterocycles. The predicted molar refractivity (Wildman–Crippen MR) is 197 cm³/mol. The molecule has 0 aromatic carbocycles. The number of carbonyl (C=O) groups excluding carboxylic acids is 4. The van der Waals surface area contributed by atoms with Crippen LogP contribution in [0, 0.1) is 5.41 Å². The van der Waals surface area contributed by atoms with E-state index in [2.05, 4.69) is 6.92 Å². The van der Waals surface area contributed by atoms with Gasteiger partial charge in [0.15, 0.2) is 12.4 Å². The Morgan fingerprint density at radius 2 is 1.64 bits per heavy atom. The van der Waals surface area contributed by atoms with Gasteiger partial charge in [-0.05, 0) is 30.9 Å². The smallest absolute Gasteiger partial charge is 0.466 e. The fourth-order valence-electron chi connectivity index (χ4n) is 7.70. The van der Waals surface area contributed by atoms with Gasteiger partial charge in [0.25, 0.3) is 0 Å². The number of ether oxygens (including phenoxy) is 9. The first kappa shape index (κ1) is 45.6. The molecule has 4 aliphatic rings. The van der Waals surface area contributed by atoms with Crippen LogP contribution in [0.15, 0.2) is 23.8 Å². The number of aliphatic hydroxyl groups excluding tert-OH is 2. The maximum atomic E-state index is 13.3. The lowest BCUT2D eigenvalue weighted by Gasteiger charge is -2.51. The fourth-order valence-corrected chi connectivity index (χ4v) is 7.70. The van der Waals surface area contributed by atoms with Gasteiger partial charge in [-0.3, -0.25) is 9.59 Å². The van der Waals surface area contributed by atoms with Gasteiger partial charge in [-0.2, -0.15) is 0 Å². The van der Waals surface area contributed by atoms with Crippen LogP contribution in [0.2, 0.25) is 0 Å². The number of methoxy groups -OCH3 is 2. The molecule has 0 radical (unpaired) electrons. The van der Waals surface area contributed by atoms with Gasteiger partial charge in [-0.25, -0.2) is 9.59 Å². The van der Waals surface area contributed by atoms with E-state index in [4.69, 9.17) is 42.6 Å². The van der Waals surface area contributed by atoms with Crippen LogP contribution in [0.25, 0.3) is 0 Å². The van der Waals surface area contributed by atoms with Crippen LogP contribution in [0.5, 0.6) is 0 Å². The minimum Gasteiger partial charge on any atom is -0.466 e. The molecular formula is C40H62O16. The number of carbonyl (C=O) groups is 4. The SMILES string of the molecule is CCCCCCCC(=O)O[C@H]1/C(=C/C(=O)OC)C[C@H]2C[C@H](CO)OC(=O)C[C@H](O)C[C@@H]3C[C@H](OC(=O)OC)C[C@H](C[C@@H]4CCO[C@H](/C=C/C(C)(C)[C@]1(O)O2)O4)O3. The molecular weight excluding hydrogens is 736 g/mol. The minimum absolute atomic E-state index is 0.0325. The topological polar surface area (TPSA) is 212 Å². The normalized spacial score (nSPS) is 35.3. The Morgan fingerprint density at radius 1 is 0.911 bits per heavy atom. The zero-order valence-electron chi connectivity index (χ0n) is 33.4. The van der Waals surface area contributed by atoms with E-state index in [0.29, 0.717) is 32.3 Å². The van der Waals surface area contributed by atoms with Gasteiger partial charge in [0, 0.05) is 50.0 Å². The van der Waals surface area contributed by atoms with E-state index in [1.165, 1.54) is 14.2 Å². The average molecular weight is 799 g/mol.